The van der Waals surface area contributed by atoms with Crippen LogP contribution in [0.3, 0.4) is 0 Å². The van der Waals surface area contributed by atoms with E-state index >= 15 is 0 Å². The molecule has 1 N–H and O–H groups in total. The van der Waals surface area contributed by atoms with Crippen molar-refractivity contribution >= 4 is 17.5 Å². The molecule has 2 aliphatic heterocycles. The molecule has 0 unspecified atom stereocenters. The van der Waals surface area contributed by atoms with Crippen LogP contribution in [-0.4, -0.2) is 76.1 Å². The summed E-state index contributed by atoms with van der Waals surface area (Å²) >= 11 is 0. The first-order chi connectivity index (χ1) is 16.2. The number of hydrogen-bond donors (Lipinski definition) is 1. The van der Waals surface area contributed by atoms with Crippen molar-refractivity contribution in [1.29, 1.82) is 0 Å². The standard InChI is InChI=1S/C25H28N6O2/c32-24(30-14-12-29(13-15-30)21-8-2-1-3-9-21)20-7-5-11-31(18-20)25(33)23-16-22(27-28-23)19-6-4-10-26-17-19/h1-4,6,8-10,16-17,20H,5,7,11-15,18H2,(H,27,28)/t20-/m0/s1. The Hall–Kier alpha value is -3.68. The number of rotatable bonds is 4. The van der Waals surface area contributed by atoms with Crippen LogP contribution in [-0.2, 0) is 4.79 Å². The Kier molecular flexibility index (Phi) is 6.06. The van der Waals surface area contributed by atoms with Crippen LogP contribution in [0.15, 0.2) is 60.9 Å². The number of likely N-dealkylation sites (tertiary alicyclic amines) is 1. The fourth-order valence-electron chi connectivity index (χ4n) is 4.71. The Balaban J connectivity index is 1.19. The van der Waals surface area contributed by atoms with Gasteiger partial charge in [0.15, 0.2) is 0 Å². The van der Waals surface area contributed by atoms with Gasteiger partial charge in [0.2, 0.25) is 5.91 Å². The number of H-pyrrole nitrogens is 1. The molecule has 1 atom stereocenters. The summed E-state index contributed by atoms with van der Waals surface area (Å²) in [6, 6.07) is 15.8. The minimum Gasteiger partial charge on any atom is -0.368 e. The van der Waals surface area contributed by atoms with Crippen molar-refractivity contribution in [3.05, 3.63) is 66.6 Å². The number of nitrogens with zero attached hydrogens (tertiary/aromatic N) is 5. The van der Waals surface area contributed by atoms with Crippen LogP contribution in [0.5, 0.6) is 0 Å². The summed E-state index contributed by atoms with van der Waals surface area (Å²) in [5.74, 6) is -0.0865. The molecule has 3 aromatic rings. The van der Waals surface area contributed by atoms with E-state index in [9.17, 15) is 9.59 Å². The van der Waals surface area contributed by atoms with Gasteiger partial charge in [-0.3, -0.25) is 19.7 Å². The zero-order chi connectivity index (χ0) is 22.6. The molecule has 0 radical (unpaired) electrons. The molecule has 4 heterocycles. The van der Waals surface area contributed by atoms with Crippen molar-refractivity contribution < 1.29 is 9.59 Å². The lowest BCUT2D eigenvalue weighted by Gasteiger charge is -2.39. The average molecular weight is 445 g/mol. The molecule has 2 saturated heterocycles. The molecule has 0 aliphatic carbocycles. The number of pyridine rings is 1. The first kappa shape index (κ1) is 21.2. The summed E-state index contributed by atoms with van der Waals surface area (Å²) in [5, 5.41) is 7.13. The van der Waals surface area contributed by atoms with Crippen molar-refractivity contribution in [1.82, 2.24) is 25.0 Å². The fraction of sp³-hybridized carbons (Fsp3) is 0.360. The highest BCUT2D eigenvalue weighted by atomic mass is 16.2. The summed E-state index contributed by atoms with van der Waals surface area (Å²) < 4.78 is 0. The number of piperazine rings is 1. The van der Waals surface area contributed by atoms with Gasteiger partial charge in [0.25, 0.3) is 5.91 Å². The average Bonchev–Trinajstić information content (AvgIpc) is 3.39. The van der Waals surface area contributed by atoms with Crippen LogP contribution >= 0.6 is 0 Å². The lowest BCUT2D eigenvalue weighted by molar-refractivity contribution is -0.137. The number of piperidine rings is 1. The second-order valence-corrected chi connectivity index (χ2v) is 8.65. The normalized spacial score (nSPS) is 18.9. The Morgan fingerprint density at radius 3 is 2.52 bits per heavy atom. The first-order valence-corrected chi connectivity index (χ1v) is 11.5. The third-order valence-electron chi connectivity index (χ3n) is 6.54. The van der Waals surface area contributed by atoms with Gasteiger partial charge < -0.3 is 14.7 Å². The molecule has 8 nitrogen and oxygen atoms in total. The highest BCUT2D eigenvalue weighted by Crippen LogP contribution is 2.23. The molecule has 2 amide bonds. The summed E-state index contributed by atoms with van der Waals surface area (Å²) in [4.78, 5) is 36.5. The summed E-state index contributed by atoms with van der Waals surface area (Å²) in [7, 11) is 0. The number of para-hydroxylation sites is 1. The molecule has 2 fully saturated rings. The first-order valence-electron chi connectivity index (χ1n) is 11.5. The molecule has 33 heavy (non-hydrogen) atoms. The van der Waals surface area contributed by atoms with Gasteiger partial charge in [-0.15, -0.1) is 0 Å². The Morgan fingerprint density at radius 2 is 1.76 bits per heavy atom. The number of amides is 2. The van der Waals surface area contributed by atoms with Gasteiger partial charge in [-0.1, -0.05) is 18.2 Å². The molecule has 0 spiro atoms. The molecule has 5 rings (SSSR count). The SMILES string of the molecule is O=C(c1cc(-c2cccnc2)n[nH]1)N1CCC[C@H](C(=O)N2CCN(c3ccccc3)CC2)C1. The topological polar surface area (TPSA) is 85.4 Å². The molecule has 2 aromatic heterocycles. The van der Waals surface area contributed by atoms with E-state index in [2.05, 4.69) is 32.2 Å². The quantitative estimate of drug-likeness (QED) is 0.669. The largest absolute Gasteiger partial charge is 0.368 e. The van der Waals surface area contributed by atoms with Crippen molar-refractivity contribution in [2.75, 3.05) is 44.2 Å². The van der Waals surface area contributed by atoms with Gasteiger partial charge in [0.05, 0.1) is 11.6 Å². The Labute approximate surface area is 193 Å². The monoisotopic (exact) mass is 444 g/mol. The van der Waals surface area contributed by atoms with Crippen molar-refractivity contribution in [2.45, 2.75) is 12.8 Å². The van der Waals surface area contributed by atoms with Gasteiger partial charge in [-0.2, -0.15) is 5.10 Å². The summed E-state index contributed by atoms with van der Waals surface area (Å²) in [6.07, 6.45) is 5.08. The number of hydrogen-bond acceptors (Lipinski definition) is 5. The number of nitrogens with one attached hydrogen (secondary N) is 1. The van der Waals surface area contributed by atoms with E-state index < -0.39 is 0 Å². The van der Waals surface area contributed by atoms with Gasteiger partial charge in [0, 0.05) is 62.9 Å². The number of aromatic amines is 1. The van der Waals surface area contributed by atoms with E-state index in [0.717, 1.165) is 31.5 Å². The zero-order valence-corrected chi connectivity index (χ0v) is 18.6. The molecule has 2 aliphatic rings. The zero-order valence-electron chi connectivity index (χ0n) is 18.6. The summed E-state index contributed by atoms with van der Waals surface area (Å²) in [5.41, 5.74) is 3.18. The minimum atomic E-state index is -0.147. The molecule has 8 heteroatoms. The maximum Gasteiger partial charge on any atom is 0.271 e. The third-order valence-corrected chi connectivity index (χ3v) is 6.54. The number of benzene rings is 1. The van der Waals surface area contributed by atoms with Crippen LogP contribution in [0.4, 0.5) is 5.69 Å². The molecule has 170 valence electrons. The van der Waals surface area contributed by atoms with Crippen molar-refractivity contribution in [2.24, 2.45) is 5.92 Å². The molecule has 0 saturated carbocycles. The third kappa shape index (κ3) is 4.60. The van der Waals surface area contributed by atoms with E-state index in [1.165, 1.54) is 5.69 Å². The van der Waals surface area contributed by atoms with Gasteiger partial charge in [-0.25, -0.2) is 0 Å². The van der Waals surface area contributed by atoms with E-state index in [4.69, 9.17) is 0 Å². The fourth-order valence-corrected chi connectivity index (χ4v) is 4.71. The van der Waals surface area contributed by atoms with Crippen LogP contribution in [0.2, 0.25) is 0 Å². The molecule has 0 bridgehead atoms. The maximum absolute atomic E-state index is 13.2. The predicted octanol–water partition coefficient (Wildman–Crippen LogP) is 2.67. The van der Waals surface area contributed by atoms with E-state index in [1.807, 2.05) is 35.2 Å². The summed E-state index contributed by atoms with van der Waals surface area (Å²) in [6.45, 7) is 4.20. The van der Waals surface area contributed by atoms with Crippen LogP contribution in [0, 0.1) is 5.92 Å². The predicted molar refractivity (Wildman–Crippen MR) is 126 cm³/mol. The van der Waals surface area contributed by atoms with Crippen LogP contribution in [0.1, 0.15) is 23.3 Å². The van der Waals surface area contributed by atoms with Gasteiger partial charge in [-0.05, 0) is 43.2 Å². The number of carbonyl (C=O) groups is 2. The lowest BCUT2D eigenvalue weighted by Crippen LogP contribution is -2.53. The van der Waals surface area contributed by atoms with Crippen LogP contribution < -0.4 is 4.90 Å². The molecular weight excluding hydrogens is 416 g/mol. The Morgan fingerprint density at radius 1 is 0.939 bits per heavy atom. The smallest absolute Gasteiger partial charge is 0.271 e. The highest BCUT2D eigenvalue weighted by Gasteiger charge is 2.33. The van der Waals surface area contributed by atoms with E-state index in [0.29, 0.717) is 37.6 Å². The van der Waals surface area contributed by atoms with Crippen molar-refractivity contribution in [3.8, 4) is 11.3 Å². The maximum atomic E-state index is 13.2. The van der Waals surface area contributed by atoms with Crippen LogP contribution in [0.25, 0.3) is 11.3 Å². The molecule has 1 aromatic carbocycles. The number of aromatic nitrogens is 3. The van der Waals surface area contributed by atoms with Gasteiger partial charge >= 0.3 is 0 Å². The van der Waals surface area contributed by atoms with Crippen molar-refractivity contribution in [3.63, 3.8) is 0 Å². The number of carbonyl (C=O) groups excluding carboxylic acids is 2. The highest BCUT2D eigenvalue weighted by molar-refractivity contribution is 5.94. The lowest BCUT2D eigenvalue weighted by atomic mass is 9.96. The number of anilines is 1. The van der Waals surface area contributed by atoms with E-state index in [-0.39, 0.29) is 17.7 Å². The minimum absolute atomic E-state index is 0.107. The van der Waals surface area contributed by atoms with E-state index in [1.54, 1.807) is 23.4 Å². The second kappa shape index (κ2) is 9.44. The Bertz CT molecular complexity index is 1090. The molecular formula is C25H28N6O2. The van der Waals surface area contributed by atoms with Gasteiger partial charge in [0.1, 0.15) is 5.69 Å². The second-order valence-electron chi connectivity index (χ2n) is 8.65.